The smallest absolute Gasteiger partial charge is 0.526 e. The highest BCUT2D eigenvalue weighted by Crippen LogP contribution is 2.20. The lowest BCUT2D eigenvalue weighted by atomic mass is 10.3. The van der Waals surface area contributed by atoms with Gasteiger partial charge in [-0.3, -0.25) is 8.37 Å². The van der Waals surface area contributed by atoms with Crippen molar-refractivity contribution in [1.82, 2.24) is 0 Å². The zero-order chi connectivity index (χ0) is 18.5. The third kappa shape index (κ3) is 4.95. The van der Waals surface area contributed by atoms with Gasteiger partial charge in [0.15, 0.2) is 0 Å². The zero-order valence-corrected chi connectivity index (χ0v) is 14.9. The van der Waals surface area contributed by atoms with E-state index in [0.717, 1.165) is 21.9 Å². The SMILES string of the molecule is COS(=O)(=O)c1cccc(O[B]Oc2cccc(S(=O)(=O)OC)c2)c1. The molecule has 2 aromatic rings. The predicted octanol–water partition coefficient (Wildman–Crippen LogP) is 1.35. The largest absolute Gasteiger partial charge is 0.658 e. The van der Waals surface area contributed by atoms with Crippen LogP contribution >= 0.6 is 0 Å². The molecule has 0 bridgehead atoms. The van der Waals surface area contributed by atoms with Crippen molar-refractivity contribution in [2.45, 2.75) is 9.79 Å². The summed E-state index contributed by atoms with van der Waals surface area (Å²) < 4.78 is 65.7. The monoisotopic (exact) mass is 385 g/mol. The van der Waals surface area contributed by atoms with Crippen molar-refractivity contribution in [1.29, 1.82) is 0 Å². The Morgan fingerprint density at radius 2 is 1.12 bits per heavy atom. The van der Waals surface area contributed by atoms with Crippen LogP contribution < -0.4 is 9.31 Å². The Labute approximate surface area is 146 Å². The molecule has 0 saturated carbocycles. The first-order chi connectivity index (χ1) is 11.8. The van der Waals surface area contributed by atoms with Crippen LogP contribution in [0.5, 0.6) is 11.5 Å². The molecule has 0 aliphatic rings. The second kappa shape index (κ2) is 7.87. The van der Waals surface area contributed by atoms with Gasteiger partial charge >= 0.3 is 7.69 Å². The number of rotatable bonds is 8. The molecule has 25 heavy (non-hydrogen) atoms. The van der Waals surface area contributed by atoms with Gasteiger partial charge in [0.2, 0.25) is 0 Å². The van der Waals surface area contributed by atoms with Crippen molar-refractivity contribution in [2.24, 2.45) is 0 Å². The molecule has 11 heteroatoms. The zero-order valence-electron chi connectivity index (χ0n) is 13.3. The normalized spacial score (nSPS) is 11.8. The van der Waals surface area contributed by atoms with Crippen molar-refractivity contribution in [3.63, 3.8) is 0 Å². The van der Waals surface area contributed by atoms with E-state index in [1.807, 2.05) is 0 Å². The van der Waals surface area contributed by atoms with Crippen LogP contribution in [0.4, 0.5) is 0 Å². The summed E-state index contributed by atoms with van der Waals surface area (Å²) in [6.07, 6.45) is 0. The number of benzene rings is 2. The molecule has 0 aromatic heterocycles. The molecule has 0 spiro atoms. The van der Waals surface area contributed by atoms with Crippen LogP contribution in [0.25, 0.3) is 0 Å². The Hall–Kier alpha value is -2.08. The molecule has 0 aliphatic heterocycles. The van der Waals surface area contributed by atoms with Crippen LogP contribution in [0, 0.1) is 0 Å². The van der Waals surface area contributed by atoms with Gasteiger partial charge in [-0.05, 0) is 36.4 Å². The van der Waals surface area contributed by atoms with E-state index in [1.54, 1.807) is 0 Å². The minimum Gasteiger partial charge on any atom is -0.526 e. The average Bonchev–Trinajstić information content (AvgIpc) is 2.62. The van der Waals surface area contributed by atoms with Crippen LogP contribution in [0.2, 0.25) is 0 Å². The minimum absolute atomic E-state index is 0.0749. The molecule has 0 amide bonds. The highest BCUT2D eigenvalue weighted by molar-refractivity contribution is 7.87. The summed E-state index contributed by atoms with van der Waals surface area (Å²) in [5, 5.41) is 0. The van der Waals surface area contributed by atoms with Gasteiger partial charge in [-0.15, -0.1) is 0 Å². The van der Waals surface area contributed by atoms with Gasteiger partial charge in [-0.2, -0.15) is 16.8 Å². The van der Waals surface area contributed by atoms with Crippen molar-refractivity contribution < 1.29 is 34.5 Å². The lowest BCUT2D eigenvalue weighted by Gasteiger charge is -2.09. The molecule has 133 valence electrons. The Morgan fingerprint density at radius 3 is 1.48 bits per heavy atom. The summed E-state index contributed by atoms with van der Waals surface area (Å²) in [5.41, 5.74) is 0. The Morgan fingerprint density at radius 1 is 0.720 bits per heavy atom. The lowest BCUT2D eigenvalue weighted by Crippen LogP contribution is -2.12. The molecule has 1 radical (unpaired) electrons. The van der Waals surface area contributed by atoms with Gasteiger partial charge in [-0.25, -0.2) is 0 Å². The molecule has 0 aliphatic carbocycles. The highest BCUT2D eigenvalue weighted by atomic mass is 32.2. The quantitative estimate of drug-likeness (QED) is 0.495. The Balaban J connectivity index is 2.05. The summed E-state index contributed by atoms with van der Waals surface area (Å²) >= 11 is 0. The fourth-order valence-electron chi connectivity index (χ4n) is 1.73. The minimum atomic E-state index is -3.84. The van der Waals surface area contributed by atoms with Crippen LogP contribution in [0.1, 0.15) is 0 Å². The first-order valence-electron chi connectivity index (χ1n) is 6.75. The third-order valence-corrected chi connectivity index (χ3v) is 5.54. The van der Waals surface area contributed by atoms with Gasteiger partial charge in [-0.1, -0.05) is 12.1 Å². The van der Waals surface area contributed by atoms with Gasteiger partial charge in [0.05, 0.1) is 24.0 Å². The summed E-state index contributed by atoms with van der Waals surface area (Å²) in [4.78, 5) is -0.150. The second-order valence-corrected chi connectivity index (χ2v) is 7.95. The third-order valence-electron chi connectivity index (χ3n) is 3.00. The molecule has 2 aromatic carbocycles. The van der Waals surface area contributed by atoms with E-state index in [9.17, 15) is 16.8 Å². The van der Waals surface area contributed by atoms with E-state index >= 15 is 0 Å². The molecule has 2 rings (SSSR count). The predicted molar refractivity (Wildman–Crippen MR) is 88.3 cm³/mol. The topological polar surface area (TPSA) is 105 Å². The number of hydrogen-bond donors (Lipinski definition) is 0. The summed E-state index contributed by atoms with van der Waals surface area (Å²) in [6.45, 7) is 0. The van der Waals surface area contributed by atoms with Crippen LogP contribution in [0.3, 0.4) is 0 Å². The summed E-state index contributed by atoms with van der Waals surface area (Å²) in [7, 11) is -4.63. The van der Waals surface area contributed by atoms with Gasteiger partial charge in [0.1, 0.15) is 11.5 Å². The maximum absolute atomic E-state index is 11.6. The molecule has 0 fully saturated rings. The molecular formula is C14H14BO8S2. The van der Waals surface area contributed by atoms with Gasteiger partial charge in [0, 0.05) is 0 Å². The van der Waals surface area contributed by atoms with Crippen molar-refractivity contribution >= 4 is 27.9 Å². The summed E-state index contributed by atoms with van der Waals surface area (Å²) in [5.74, 6) is 0.387. The highest BCUT2D eigenvalue weighted by Gasteiger charge is 2.15. The molecule has 0 atom stereocenters. The molecule has 0 N–H and O–H groups in total. The van der Waals surface area contributed by atoms with E-state index in [-0.39, 0.29) is 21.3 Å². The number of hydrogen-bond acceptors (Lipinski definition) is 8. The van der Waals surface area contributed by atoms with E-state index in [0.29, 0.717) is 0 Å². The fourth-order valence-corrected chi connectivity index (χ4v) is 3.13. The van der Waals surface area contributed by atoms with E-state index in [1.165, 1.54) is 48.5 Å². The van der Waals surface area contributed by atoms with Crippen molar-refractivity contribution in [2.75, 3.05) is 14.2 Å². The van der Waals surface area contributed by atoms with E-state index < -0.39 is 20.2 Å². The molecular weight excluding hydrogens is 371 g/mol. The molecule has 8 nitrogen and oxygen atoms in total. The maximum Gasteiger partial charge on any atom is 0.658 e. The first-order valence-corrected chi connectivity index (χ1v) is 9.56. The second-order valence-electron chi connectivity index (χ2n) is 4.52. The molecule has 0 unspecified atom stereocenters. The average molecular weight is 385 g/mol. The Bertz CT molecular complexity index is 863. The Kier molecular flexibility index (Phi) is 6.06. The fraction of sp³-hybridized carbons (Fsp3) is 0.143. The summed E-state index contributed by atoms with van der Waals surface area (Å²) in [6, 6.07) is 11.2. The van der Waals surface area contributed by atoms with Gasteiger partial charge in [0.25, 0.3) is 20.2 Å². The van der Waals surface area contributed by atoms with Gasteiger partial charge < -0.3 is 9.31 Å². The van der Waals surface area contributed by atoms with Crippen LogP contribution in [0.15, 0.2) is 58.3 Å². The van der Waals surface area contributed by atoms with Crippen molar-refractivity contribution in [3.05, 3.63) is 48.5 Å². The van der Waals surface area contributed by atoms with Crippen LogP contribution in [-0.4, -0.2) is 38.7 Å². The van der Waals surface area contributed by atoms with Crippen LogP contribution in [-0.2, 0) is 28.6 Å². The standard InChI is InChI=1S/C14H14BO8S2/c1-20-24(16,17)13-7-3-5-11(9-13)22-15-23-12-6-4-8-14(10-12)25(18,19)21-2/h3-10H,1-2H3. The molecule has 0 saturated heterocycles. The van der Waals surface area contributed by atoms with E-state index in [2.05, 4.69) is 8.37 Å². The molecule has 0 heterocycles. The first kappa shape index (κ1) is 19.3. The maximum atomic E-state index is 11.6. The van der Waals surface area contributed by atoms with Crippen molar-refractivity contribution in [3.8, 4) is 11.5 Å². The lowest BCUT2D eigenvalue weighted by molar-refractivity contribution is 0.396. The van der Waals surface area contributed by atoms with E-state index in [4.69, 9.17) is 9.31 Å².